The Bertz CT molecular complexity index is 167. The fourth-order valence-corrected chi connectivity index (χ4v) is 3.28. The van der Waals surface area contributed by atoms with Gasteiger partial charge < -0.3 is 0 Å². The summed E-state index contributed by atoms with van der Waals surface area (Å²) in [7, 11) is 0.234. The monoisotopic (exact) mass is 173 g/mol. The van der Waals surface area contributed by atoms with E-state index in [2.05, 4.69) is 0 Å². The lowest BCUT2D eigenvalue weighted by Crippen LogP contribution is -2.28. The Labute approximate surface area is 69.7 Å². The maximum atomic E-state index is 10.8. The van der Waals surface area contributed by atoms with Crippen LogP contribution in [0.4, 0.5) is 0 Å². The molecule has 2 nitrogen and oxygen atoms in total. The standard InChI is InChI=1S/C8H13O2S/c1-7(9)6-11-4-2-8(10)3-5-11/h2-6H2,1H3/q+1. The zero-order valence-electron chi connectivity index (χ0n) is 6.76. The molecule has 0 aromatic carbocycles. The van der Waals surface area contributed by atoms with Crippen molar-refractivity contribution in [1.29, 1.82) is 0 Å². The molecule has 1 rings (SSSR count). The third-order valence-electron chi connectivity index (χ3n) is 1.75. The number of rotatable bonds is 2. The Morgan fingerprint density at radius 2 is 2.00 bits per heavy atom. The van der Waals surface area contributed by atoms with Crippen LogP contribution in [0.25, 0.3) is 0 Å². The second-order valence-electron chi connectivity index (χ2n) is 2.91. The van der Waals surface area contributed by atoms with Gasteiger partial charge in [-0.3, -0.25) is 9.59 Å². The van der Waals surface area contributed by atoms with Crippen LogP contribution in [-0.4, -0.2) is 28.8 Å². The molecule has 11 heavy (non-hydrogen) atoms. The molecule has 0 aliphatic carbocycles. The molecule has 1 heterocycles. The van der Waals surface area contributed by atoms with Crippen LogP contribution >= 0.6 is 0 Å². The average Bonchev–Trinajstić information content (AvgIpc) is 1.93. The van der Waals surface area contributed by atoms with Crippen LogP contribution in [0.5, 0.6) is 0 Å². The highest BCUT2D eigenvalue weighted by atomic mass is 32.2. The molecular weight excluding hydrogens is 160 g/mol. The Balaban J connectivity index is 2.28. The van der Waals surface area contributed by atoms with E-state index < -0.39 is 0 Å². The highest BCUT2D eigenvalue weighted by molar-refractivity contribution is 7.97. The van der Waals surface area contributed by atoms with Gasteiger partial charge in [0, 0.05) is 0 Å². The zero-order chi connectivity index (χ0) is 8.27. The number of hydrogen-bond donors (Lipinski definition) is 0. The minimum Gasteiger partial charge on any atom is -0.299 e. The summed E-state index contributed by atoms with van der Waals surface area (Å²) in [4.78, 5) is 21.5. The van der Waals surface area contributed by atoms with Crippen LogP contribution in [-0.2, 0) is 20.5 Å². The van der Waals surface area contributed by atoms with Crippen molar-refractivity contribution in [3.05, 3.63) is 0 Å². The lowest BCUT2D eigenvalue weighted by atomic mass is 10.2. The fraction of sp³-hybridized carbons (Fsp3) is 0.750. The number of carbonyl (C=O) groups excluding carboxylic acids is 2. The van der Waals surface area contributed by atoms with E-state index >= 15 is 0 Å². The molecule has 0 atom stereocenters. The summed E-state index contributed by atoms with van der Waals surface area (Å²) in [5.41, 5.74) is 0. The second kappa shape index (κ2) is 3.90. The molecule has 0 aromatic rings. The van der Waals surface area contributed by atoms with E-state index in [1.165, 1.54) is 0 Å². The highest BCUT2D eigenvalue weighted by Gasteiger charge is 2.27. The van der Waals surface area contributed by atoms with Crippen molar-refractivity contribution in [1.82, 2.24) is 0 Å². The molecule has 62 valence electrons. The summed E-state index contributed by atoms with van der Waals surface area (Å²) >= 11 is 0. The minimum atomic E-state index is 0.234. The van der Waals surface area contributed by atoms with Crippen LogP contribution < -0.4 is 0 Å². The van der Waals surface area contributed by atoms with Gasteiger partial charge in [0.2, 0.25) is 0 Å². The van der Waals surface area contributed by atoms with Crippen molar-refractivity contribution in [3.63, 3.8) is 0 Å². The summed E-state index contributed by atoms with van der Waals surface area (Å²) in [6.45, 7) is 1.63. The zero-order valence-corrected chi connectivity index (χ0v) is 7.58. The summed E-state index contributed by atoms with van der Waals surface area (Å²) in [6, 6.07) is 0. The first-order chi connectivity index (χ1) is 5.18. The molecule has 3 heteroatoms. The first kappa shape index (κ1) is 8.78. The van der Waals surface area contributed by atoms with Gasteiger partial charge in [0.15, 0.2) is 11.5 Å². The molecule has 1 aliphatic heterocycles. The van der Waals surface area contributed by atoms with E-state index in [9.17, 15) is 9.59 Å². The van der Waals surface area contributed by atoms with Crippen LogP contribution in [0.15, 0.2) is 0 Å². The number of carbonyl (C=O) groups is 2. The first-order valence-electron chi connectivity index (χ1n) is 3.83. The predicted molar refractivity (Wildman–Crippen MR) is 46.9 cm³/mol. The topological polar surface area (TPSA) is 34.1 Å². The van der Waals surface area contributed by atoms with Gasteiger partial charge >= 0.3 is 0 Å². The van der Waals surface area contributed by atoms with Crippen molar-refractivity contribution in [3.8, 4) is 0 Å². The molecule has 0 N–H and O–H groups in total. The Hall–Kier alpha value is -0.310. The van der Waals surface area contributed by atoms with Crippen LogP contribution in [0, 0.1) is 0 Å². The van der Waals surface area contributed by atoms with Gasteiger partial charge in [-0.25, -0.2) is 0 Å². The van der Waals surface area contributed by atoms with E-state index in [1.807, 2.05) is 0 Å². The largest absolute Gasteiger partial charge is 0.299 e. The van der Waals surface area contributed by atoms with E-state index in [0.29, 0.717) is 24.4 Å². The van der Waals surface area contributed by atoms with E-state index in [0.717, 1.165) is 11.5 Å². The van der Waals surface area contributed by atoms with Crippen molar-refractivity contribution >= 4 is 22.5 Å². The molecule has 0 spiro atoms. The Morgan fingerprint density at radius 1 is 1.45 bits per heavy atom. The SMILES string of the molecule is CC(=O)C[S+]1CCC(=O)CC1. The van der Waals surface area contributed by atoms with E-state index in [-0.39, 0.29) is 16.7 Å². The van der Waals surface area contributed by atoms with Gasteiger partial charge in [0.1, 0.15) is 17.3 Å². The van der Waals surface area contributed by atoms with Gasteiger partial charge in [0.05, 0.1) is 12.8 Å². The second-order valence-corrected chi connectivity index (χ2v) is 5.24. The third kappa shape index (κ3) is 3.06. The molecule has 0 saturated carbocycles. The molecule has 0 bridgehead atoms. The third-order valence-corrected chi connectivity index (χ3v) is 4.12. The van der Waals surface area contributed by atoms with Gasteiger partial charge in [-0.1, -0.05) is 0 Å². The smallest absolute Gasteiger partial charge is 0.178 e. The van der Waals surface area contributed by atoms with Crippen LogP contribution in [0.1, 0.15) is 19.8 Å². The fourth-order valence-electron chi connectivity index (χ4n) is 1.18. The van der Waals surface area contributed by atoms with Gasteiger partial charge in [0.25, 0.3) is 0 Å². The van der Waals surface area contributed by atoms with Crippen molar-refractivity contribution in [2.24, 2.45) is 0 Å². The molecule has 0 radical (unpaired) electrons. The summed E-state index contributed by atoms with van der Waals surface area (Å²) in [5, 5.41) is 0. The molecule has 0 unspecified atom stereocenters. The van der Waals surface area contributed by atoms with Gasteiger partial charge in [-0.15, -0.1) is 0 Å². The van der Waals surface area contributed by atoms with Crippen molar-refractivity contribution in [2.75, 3.05) is 17.3 Å². The number of Topliss-reactive ketones (excluding diaryl/α,β-unsaturated/α-hetero) is 2. The molecule has 0 aromatic heterocycles. The summed E-state index contributed by atoms with van der Waals surface area (Å²) in [6.07, 6.45) is 1.41. The lowest BCUT2D eigenvalue weighted by Gasteiger charge is -2.11. The number of ketones is 2. The molecular formula is C8H13O2S+. The van der Waals surface area contributed by atoms with Crippen LogP contribution in [0.2, 0.25) is 0 Å². The Morgan fingerprint density at radius 3 is 2.45 bits per heavy atom. The molecule has 1 saturated heterocycles. The van der Waals surface area contributed by atoms with Gasteiger partial charge in [-0.2, -0.15) is 0 Å². The van der Waals surface area contributed by atoms with Crippen molar-refractivity contribution < 1.29 is 9.59 Å². The quantitative estimate of drug-likeness (QED) is 0.572. The van der Waals surface area contributed by atoms with Crippen LogP contribution in [0.3, 0.4) is 0 Å². The predicted octanol–water partition coefficient (Wildman–Crippen LogP) is 0.557. The molecule has 1 fully saturated rings. The molecule has 1 aliphatic rings. The highest BCUT2D eigenvalue weighted by Crippen LogP contribution is 2.10. The maximum Gasteiger partial charge on any atom is 0.178 e. The van der Waals surface area contributed by atoms with E-state index in [1.54, 1.807) is 6.92 Å². The summed E-state index contributed by atoms with van der Waals surface area (Å²) < 4.78 is 0. The summed E-state index contributed by atoms with van der Waals surface area (Å²) in [5.74, 6) is 3.25. The maximum absolute atomic E-state index is 10.8. The molecule has 0 amide bonds. The van der Waals surface area contributed by atoms with E-state index in [4.69, 9.17) is 0 Å². The first-order valence-corrected chi connectivity index (χ1v) is 5.57. The van der Waals surface area contributed by atoms with Crippen molar-refractivity contribution in [2.45, 2.75) is 19.8 Å². The van der Waals surface area contributed by atoms with Gasteiger partial charge in [-0.05, 0) is 17.8 Å². The Kier molecular flexibility index (Phi) is 3.12. The number of hydrogen-bond acceptors (Lipinski definition) is 2. The average molecular weight is 173 g/mol. The normalized spacial score (nSPS) is 20.3. The minimum absolute atomic E-state index is 0.234. The lowest BCUT2D eigenvalue weighted by molar-refractivity contribution is -0.118.